The number of carbonyl (C=O) groups is 2. The third-order valence-electron chi connectivity index (χ3n) is 4.19. The molecule has 102 valence electrons. The fourth-order valence-electron chi connectivity index (χ4n) is 3.03. The second kappa shape index (κ2) is 5.26. The number of amides is 1. The first-order chi connectivity index (χ1) is 8.52. The molecule has 1 amide bonds. The first kappa shape index (κ1) is 13.3. The van der Waals surface area contributed by atoms with Crippen molar-refractivity contribution in [2.24, 2.45) is 17.8 Å². The van der Waals surface area contributed by atoms with Gasteiger partial charge in [-0.3, -0.25) is 4.79 Å². The molecule has 0 aromatic rings. The lowest BCUT2D eigenvalue weighted by atomic mass is 9.88. The molecule has 2 aliphatic heterocycles. The fraction of sp³-hybridized carbons (Fsp3) is 0.846. The number of likely N-dealkylation sites (tertiary alicyclic amines) is 1. The molecule has 2 fully saturated rings. The molecule has 2 saturated heterocycles. The average Bonchev–Trinajstić information content (AvgIpc) is 2.71. The van der Waals surface area contributed by atoms with E-state index in [0.29, 0.717) is 26.2 Å². The van der Waals surface area contributed by atoms with Crippen LogP contribution in [0.15, 0.2) is 0 Å². The van der Waals surface area contributed by atoms with E-state index in [4.69, 9.17) is 4.74 Å². The van der Waals surface area contributed by atoms with E-state index >= 15 is 0 Å². The zero-order chi connectivity index (χ0) is 13.3. The van der Waals surface area contributed by atoms with E-state index in [1.54, 1.807) is 4.90 Å². The molecule has 0 aliphatic carbocycles. The van der Waals surface area contributed by atoms with Gasteiger partial charge in [0, 0.05) is 25.7 Å². The zero-order valence-electron chi connectivity index (χ0n) is 11.0. The highest BCUT2D eigenvalue weighted by atomic mass is 16.5. The van der Waals surface area contributed by atoms with Crippen LogP contribution in [-0.2, 0) is 14.3 Å². The van der Waals surface area contributed by atoms with Crippen LogP contribution in [0, 0.1) is 17.8 Å². The molecule has 2 heterocycles. The van der Waals surface area contributed by atoms with E-state index in [-0.39, 0.29) is 23.7 Å². The lowest BCUT2D eigenvalue weighted by Gasteiger charge is -2.33. The van der Waals surface area contributed by atoms with Crippen LogP contribution in [0.5, 0.6) is 0 Å². The van der Waals surface area contributed by atoms with Crippen LogP contribution in [0.1, 0.15) is 26.7 Å². The summed E-state index contributed by atoms with van der Waals surface area (Å²) in [6, 6.07) is -0.646. The van der Waals surface area contributed by atoms with Crippen molar-refractivity contribution >= 4 is 11.9 Å². The molecule has 4 unspecified atom stereocenters. The van der Waals surface area contributed by atoms with Gasteiger partial charge in [0.05, 0.1) is 0 Å². The summed E-state index contributed by atoms with van der Waals surface area (Å²) in [7, 11) is 0. The maximum Gasteiger partial charge on any atom is 0.326 e. The first-order valence-electron chi connectivity index (χ1n) is 6.63. The SMILES string of the molecule is CC1COCCC1C(=O)N1CCC(C)C1C(=O)O. The summed E-state index contributed by atoms with van der Waals surface area (Å²) in [5.74, 6) is -0.736. The molecular formula is C13H21NO4. The van der Waals surface area contributed by atoms with Crippen LogP contribution < -0.4 is 0 Å². The molecule has 2 rings (SSSR count). The summed E-state index contributed by atoms with van der Waals surface area (Å²) in [5, 5.41) is 9.25. The van der Waals surface area contributed by atoms with E-state index in [1.807, 2.05) is 13.8 Å². The normalized spacial score (nSPS) is 36.7. The zero-order valence-corrected chi connectivity index (χ0v) is 11.0. The Labute approximate surface area is 107 Å². The predicted octanol–water partition coefficient (Wildman–Crippen LogP) is 0.981. The second-order valence-corrected chi connectivity index (χ2v) is 5.53. The van der Waals surface area contributed by atoms with Gasteiger partial charge in [-0.05, 0) is 24.7 Å². The van der Waals surface area contributed by atoms with E-state index in [1.165, 1.54) is 0 Å². The van der Waals surface area contributed by atoms with E-state index < -0.39 is 12.0 Å². The minimum absolute atomic E-state index is 0.00236. The molecule has 0 aromatic carbocycles. The number of carbonyl (C=O) groups excluding carboxylic acids is 1. The summed E-state index contributed by atoms with van der Waals surface area (Å²) in [5.41, 5.74) is 0. The van der Waals surface area contributed by atoms with E-state index in [0.717, 1.165) is 6.42 Å². The molecular weight excluding hydrogens is 234 g/mol. The summed E-state index contributed by atoms with van der Waals surface area (Å²) < 4.78 is 5.33. The summed E-state index contributed by atoms with van der Waals surface area (Å²) in [6.07, 6.45) is 1.48. The Balaban J connectivity index is 2.10. The highest BCUT2D eigenvalue weighted by molar-refractivity contribution is 5.86. The molecule has 18 heavy (non-hydrogen) atoms. The number of hydrogen-bond donors (Lipinski definition) is 1. The highest BCUT2D eigenvalue weighted by Gasteiger charge is 2.43. The van der Waals surface area contributed by atoms with Gasteiger partial charge in [0.15, 0.2) is 0 Å². The molecule has 0 saturated carbocycles. The molecule has 4 atom stereocenters. The number of nitrogens with zero attached hydrogens (tertiary/aromatic N) is 1. The van der Waals surface area contributed by atoms with Gasteiger partial charge in [-0.15, -0.1) is 0 Å². The van der Waals surface area contributed by atoms with Crippen molar-refractivity contribution in [3.8, 4) is 0 Å². The first-order valence-corrected chi connectivity index (χ1v) is 6.63. The number of carboxylic acids is 1. The van der Waals surface area contributed by atoms with E-state index in [2.05, 4.69) is 0 Å². The monoisotopic (exact) mass is 255 g/mol. The van der Waals surface area contributed by atoms with Crippen molar-refractivity contribution in [3.05, 3.63) is 0 Å². The van der Waals surface area contributed by atoms with Gasteiger partial charge in [0.2, 0.25) is 5.91 Å². The lowest BCUT2D eigenvalue weighted by Crippen LogP contribution is -2.48. The van der Waals surface area contributed by atoms with Gasteiger partial charge in [-0.25, -0.2) is 4.79 Å². The van der Waals surface area contributed by atoms with Gasteiger partial charge >= 0.3 is 5.97 Å². The Morgan fingerprint density at radius 3 is 2.56 bits per heavy atom. The van der Waals surface area contributed by atoms with Gasteiger partial charge < -0.3 is 14.7 Å². The number of ether oxygens (including phenoxy) is 1. The van der Waals surface area contributed by atoms with Crippen LogP contribution in [0.3, 0.4) is 0 Å². The minimum atomic E-state index is -0.881. The smallest absolute Gasteiger partial charge is 0.326 e. The summed E-state index contributed by atoms with van der Waals surface area (Å²) in [6.45, 7) is 5.66. The van der Waals surface area contributed by atoms with Crippen LogP contribution in [0.25, 0.3) is 0 Å². The van der Waals surface area contributed by atoms with Crippen molar-refractivity contribution < 1.29 is 19.4 Å². The Kier molecular flexibility index (Phi) is 3.90. The quantitative estimate of drug-likeness (QED) is 0.798. The number of carboxylic acid groups (broad SMARTS) is 1. The Hall–Kier alpha value is -1.10. The largest absolute Gasteiger partial charge is 0.480 e. The summed E-state index contributed by atoms with van der Waals surface area (Å²) >= 11 is 0. The van der Waals surface area contributed by atoms with E-state index in [9.17, 15) is 14.7 Å². The van der Waals surface area contributed by atoms with Crippen molar-refractivity contribution in [1.29, 1.82) is 0 Å². The maximum atomic E-state index is 12.5. The van der Waals surface area contributed by atoms with Crippen molar-refractivity contribution in [3.63, 3.8) is 0 Å². The predicted molar refractivity (Wildman–Crippen MR) is 65.0 cm³/mol. The Morgan fingerprint density at radius 1 is 1.22 bits per heavy atom. The topological polar surface area (TPSA) is 66.8 Å². The van der Waals surface area contributed by atoms with Crippen LogP contribution in [-0.4, -0.2) is 47.7 Å². The summed E-state index contributed by atoms with van der Waals surface area (Å²) in [4.78, 5) is 25.3. The number of hydrogen-bond acceptors (Lipinski definition) is 3. The van der Waals surface area contributed by atoms with Crippen molar-refractivity contribution in [2.45, 2.75) is 32.7 Å². The number of aliphatic carboxylic acids is 1. The minimum Gasteiger partial charge on any atom is -0.480 e. The van der Waals surface area contributed by atoms with Crippen LogP contribution >= 0.6 is 0 Å². The molecule has 0 spiro atoms. The van der Waals surface area contributed by atoms with Crippen molar-refractivity contribution in [1.82, 2.24) is 4.90 Å². The van der Waals surface area contributed by atoms with Gasteiger partial charge in [0.1, 0.15) is 6.04 Å². The molecule has 5 heteroatoms. The fourth-order valence-corrected chi connectivity index (χ4v) is 3.03. The molecule has 0 radical (unpaired) electrons. The number of rotatable bonds is 2. The molecule has 0 aromatic heterocycles. The maximum absolute atomic E-state index is 12.5. The highest BCUT2D eigenvalue weighted by Crippen LogP contribution is 2.30. The third-order valence-corrected chi connectivity index (χ3v) is 4.19. The standard InChI is InChI=1S/C13H21NO4/c1-8-3-5-14(11(8)13(16)17)12(15)10-4-6-18-7-9(10)2/h8-11H,3-7H2,1-2H3,(H,16,17). The second-order valence-electron chi connectivity index (χ2n) is 5.53. The third kappa shape index (κ3) is 2.36. The van der Waals surface area contributed by atoms with Gasteiger partial charge in [-0.2, -0.15) is 0 Å². The van der Waals surface area contributed by atoms with Crippen LogP contribution in [0.2, 0.25) is 0 Å². The molecule has 2 aliphatic rings. The Bertz CT molecular complexity index is 344. The Morgan fingerprint density at radius 2 is 1.94 bits per heavy atom. The lowest BCUT2D eigenvalue weighted by molar-refractivity contribution is -0.153. The molecule has 0 bridgehead atoms. The average molecular weight is 255 g/mol. The molecule has 1 N–H and O–H groups in total. The molecule has 5 nitrogen and oxygen atoms in total. The van der Waals surface area contributed by atoms with Gasteiger partial charge in [-0.1, -0.05) is 13.8 Å². The van der Waals surface area contributed by atoms with Gasteiger partial charge in [0.25, 0.3) is 0 Å². The van der Waals surface area contributed by atoms with Crippen molar-refractivity contribution in [2.75, 3.05) is 19.8 Å². The van der Waals surface area contributed by atoms with Crippen LogP contribution in [0.4, 0.5) is 0 Å².